The zero-order valence-electron chi connectivity index (χ0n) is 13.3. The van der Waals surface area contributed by atoms with Crippen LogP contribution in [0.3, 0.4) is 0 Å². The van der Waals surface area contributed by atoms with E-state index in [1.165, 1.54) is 23.4 Å². The zero-order valence-corrected chi connectivity index (χ0v) is 14.1. The van der Waals surface area contributed by atoms with Crippen molar-refractivity contribution in [3.63, 3.8) is 0 Å². The van der Waals surface area contributed by atoms with E-state index < -0.39 is 5.76 Å². The number of amides is 1. The Kier molecular flexibility index (Phi) is 4.94. The van der Waals surface area contributed by atoms with Crippen molar-refractivity contribution in [3.05, 3.63) is 34.8 Å². The number of carbonyl (C=O) groups excluding carboxylic acids is 2. The van der Waals surface area contributed by atoms with Gasteiger partial charge in [-0.2, -0.15) is 0 Å². The van der Waals surface area contributed by atoms with E-state index >= 15 is 0 Å². The third kappa shape index (κ3) is 3.48. The lowest BCUT2D eigenvalue weighted by Gasteiger charge is -2.16. The number of ether oxygens (including phenoxy) is 1. The second-order valence-corrected chi connectivity index (χ2v) is 6.85. The number of methoxy groups -OCH3 is 1. The Hall–Kier alpha value is -2.22. The number of thioether (sulfide) groups is 1. The number of likely N-dealkylation sites (tertiary alicyclic amines) is 1. The molecule has 8 heteroatoms. The highest BCUT2D eigenvalue weighted by Gasteiger charge is 2.28. The van der Waals surface area contributed by atoms with Gasteiger partial charge in [-0.3, -0.25) is 14.2 Å². The fourth-order valence-corrected chi connectivity index (χ4v) is 3.78. The van der Waals surface area contributed by atoms with Crippen molar-refractivity contribution in [1.29, 1.82) is 0 Å². The van der Waals surface area contributed by atoms with Gasteiger partial charge in [0.25, 0.3) is 0 Å². The third-order valence-electron chi connectivity index (χ3n) is 4.03. The van der Waals surface area contributed by atoms with Crippen molar-refractivity contribution in [1.82, 2.24) is 9.47 Å². The average molecular weight is 350 g/mol. The maximum absolute atomic E-state index is 12.5. The molecule has 1 atom stereocenters. The average Bonchev–Trinajstić information content (AvgIpc) is 3.18. The summed E-state index contributed by atoms with van der Waals surface area (Å²) in [5, 5.41) is 0.214. The number of aromatic nitrogens is 1. The lowest BCUT2D eigenvalue weighted by Crippen LogP contribution is -2.34. The van der Waals surface area contributed by atoms with Crippen molar-refractivity contribution in [2.24, 2.45) is 0 Å². The van der Waals surface area contributed by atoms with Crippen LogP contribution in [0.2, 0.25) is 0 Å². The third-order valence-corrected chi connectivity index (χ3v) is 5.29. The molecule has 0 bridgehead atoms. The van der Waals surface area contributed by atoms with Crippen LogP contribution in [0.1, 0.15) is 6.42 Å². The van der Waals surface area contributed by atoms with Gasteiger partial charge in [0.05, 0.1) is 18.4 Å². The molecule has 1 aromatic heterocycles. The summed E-state index contributed by atoms with van der Waals surface area (Å²) in [7, 11) is 1.36. The molecule has 24 heavy (non-hydrogen) atoms. The van der Waals surface area contributed by atoms with Gasteiger partial charge in [0, 0.05) is 18.3 Å². The first-order chi connectivity index (χ1) is 11.6. The van der Waals surface area contributed by atoms with Gasteiger partial charge in [-0.25, -0.2) is 4.79 Å². The molecule has 2 heterocycles. The monoisotopic (exact) mass is 350 g/mol. The number of rotatable bonds is 5. The summed E-state index contributed by atoms with van der Waals surface area (Å²) >= 11 is 1.50. The van der Waals surface area contributed by atoms with Crippen LogP contribution in [0.5, 0.6) is 0 Å². The molecule has 1 fully saturated rings. The molecule has 128 valence electrons. The van der Waals surface area contributed by atoms with Crippen LogP contribution < -0.4 is 5.76 Å². The number of esters is 1. The van der Waals surface area contributed by atoms with E-state index in [2.05, 4.69) is 4.74 Å². The van der Waals surface area contributed by atoms with Crippen LogP contribution >= 0.6 is 11.8 Å². The minimum absolute atomic E-state index is 0.0375. The normalized spacial score (nSPS) is 17.4. The molecule has 1 aromatic carbocycles. The molecule has 1 aliphatic rings. The largest absolute Gasteiger partial charge is 0.468 e. The molecule has 1 saturated heterocycles. The number of para-hydroxylation sites is 2. The Labute approximate surface area is 142 Å². The Morgan fingerprint density at radius 3 is 2.96 bits per heavy atom. The van der Waals surface area contributed by atoms with Crippen LogP contribution in [0.4, 0.5) is 0 Å². The van der Waals surface area contributed by atoms with E-state index in [0.29, 0.717) is 24.2 Å². The lowest BCUT2D eigenvalue weighted by molar-refractivity contribution is -0.137. The molecular weight excluding hydrogens is 332 g/mol. The predicted molar refractivity (Wildman–Crippen MR) is 89.9 cm³/mol. The zero-order chi connectivity index (χ0) is 17.1. The number of carbonyl (C=O) groups is 2. The maximum Gasteiger partial charge on any atom is 0.420 e. The highest BCUT2D eigenvalue weighted by Crippen LogP contribution is 2.23. The minimum Gasteiger partial charge on any atom is -0.468 e. The molecule has 1 unspecified atom stereocenters. The highest BCUT2D eigenvalue weighted by molar-refractivity contribution is 8.00. The molecule has 0 radical (unpaired) electrons. The first-order valence-electron chi connectivity index (χ1n) is 7.63. The van der Waals surface area contributed by atoms with Crippen LogP contribution in [-0.2, 0) is 20.9 Å². The van der Waals surface area contributed by atoms with Crippen molar-refractivity contribution < 1.29 is 18.7 Å². The van der Waals surface area contributed by atoms with Gasteiger partial charge < -0.3 is 14.1 Å². The summed E-state index contributed by atoms with van der Waals surface area (Å²) in [5.74, 6) is -0.624. The van der Waals surface area contributed by atoms with Crippen molar-refractivity contribution >= 4 is 34.7 Å². The van der Waals surface area contributed by atoms with Crippen molar-refractivity contribution in [3.8, 4) is 0 Å². The Bertz CT molecular complexity index is 812. The van der Waals surface area contributed by atoms with Gasteiger partial charge in [-0.15, -0.1) is 11.8 Å². The summed E-state index contributed by atoms with van der Waals surface area (Å²) < 4.78 is 11.1. The summed E-state index contributed by atoms with van der Waals surface area (Å²) in [6.45, 7) is 1.16. The fraction of sp³-hybridized carbons (Fsp3) is 0.438. The Balaban J connectivity index is 1.62. The molecule has 2 aromatic rings. The summed E-state index contributed by atoms with van der Waals surface area (Å²) in [6, 6.07) is 7.04. The minimum atomic E-state index is -0.527. The fourth-order valence-electron chi connectivity index (χ4n) is 2.73. The molecule has 0 saturated carbocycles. The molecule has 1 amide bonds. The van der Waals surface area contributed by atoms with E-state index in [4.69, 9.17) is 4.42 Å². The van der Waals surface area contributed by atoms with E-state index in [-0.39, 0.29) is 29.4 Å². The van der Waals surface area contributed by atoms with Crippen LogP contribution in [0.25, 0.3) is 11.1 Å². The molecule has 0 N–H and O–H groups in total. The lowest BCUT2D eigenvalue weighted by atomic mass is 10.3. The second-order valence-electron chi connectivity index (χ2n) is 5.56. The van der Waals surface area contributed by atoms with Gasteiger partial charge in [-0.1, -0.05) is 12.1 Å². The number of benzene rings is 1. The summed E-state index contributed by atoms with van der Waals surface area (Å²) in [4.78, 5) is 37.3. The number of fused-ring (bicyclic) bond motifs is 1. The standard InChI is InChI=1S/C16H18N2O5S/c1-22-15(20)10-24-11-6-7-17(8-11)14(19)9-18-12-4-2-3-5-13(12)23-16(18)21/h2-5,11H,6-10H2,1H3. The van der Waals surface area contributed by atoms with Gasteiger partial charge >= 0.3 is 11.7 Å². The Morgan fingerprint density at radius 1 is 1.38 bits per heavy atom. The SMILES string of the molecule is COC(=O)CSC1CCN(C(=O)Cn2c(=O)oc3ccccc32)C1. The first kappa shape index (κ1) is 16.6. The molecule has 3 rings (SSSR count). The smallest absolute Gasteiger partial charge is 0.420 e. The van der Waals surface area contributed by atoms with E-state index in [9.17, 15) is 14.4 Å². The topological polar surface area (TPSA) is 81.8 Å². The van der Waals surface area contributed by atoms with Gasteiger partial charge in [0.2, 0.25) is 5.91 Å². The number of hydrogen-bond donors (Lipinski definition) is 0. The summed E-state index contributed by atoms with van der Waals surface area (Å²) in [6.07, 6.45) is 0.828. The van der Waals surface area contributed by atoms with Crippen LogP contribution in [0.15, 0.2) is 33.5 Å². The van der Waals surface area contributed by atoms with Crippen LogP contribution in [0, 0.1) is 0 Å². The quantitative estimate of drug-likeness (QED) is 0.751. The van der Waals surface area contributed by atoms with Gasteiger partial charge in [0.15, 0.2) is 5.58 Å². The molecule has 0 aliphatic carbocycles. The second kappa shape index (κ2) is 7.12. The number of oxazole rings is 1. The molecule has 1 aliphatic heterocycles. The number of hydrogen-bond acceptors (Lipinski definition) is 6. The van der Waals surface area contributed by atoms with E-state index in [1.807, 2.05) is 0 Å². The Morgan fingerprint density at radius 2 is 2.17 bits per heavy atom. The molecular formula is C16H18N2O5S. The van der Waals surface area contributed by atoms with Crippen molar-refractivity contribution in [2.45, 2.75) is 18.2 Å². The predicted octanol–water partition coefficient (Wildman–Crippen LogP) is 1.10. The van der Waals surface area contributed by atoms with Gasteiger partial charge in [0.1, 0.15) is 6.54 Å². The summed E-state index contributed by atoms with van der Waals surface area (Å²) in [5.41, 5.74) is 1.09. The number of nitrogens with zero attached hydrogens (tertiary/aromatic N) is 2. The highest BCUT2D eigenvalue weighted by atomic mass is 32.2. The molecule has 7 nitrogen and oxygen atoms in total. The van der Waals surface area contributed by atoms with Gasteiger partial charge in [-0.05, 0) is 18.6 Å². The molecule has 0 spiro atoms. The first-order valence-corrected chi connectivity index (χ1v) is 8.68. The van der Waals surface area contributed by atoms with E-state index in [0.717, 1.165) is 6.42 Å². The van der Waals surface area contributed by atoms with Crippen LogP contribution in [-0.4, -0.2) is 52.5 Å². The van der Waals surface area contributed by atoms with Crippen molar-refractivity contribution in [2.75, 3.05) is 26.0 Å². The van der Waals surface area contributed by atoms with E-state index in [1.54, 1.807) is 29.2 Å². The maximum atomic E-state index is 12.5.